The van der Waals surface area contributed by atoms with E-state index in [1.54, 1.807) is 18.2 Å². The van der Waals surface area contributed by atoms with Gasteiger partial charge in [0.1, 0.15) is 5.69 Å². The fourth-order valence-electron chi connectivity index (χ4n) is 3.53. The van der Waals surface area contributed by atoms with Crippen LogP contribution in [0.15, 0.2) is 29.2 Å². The van der Waals surface area contributed by atoms with Gasteiger partial charge in [-0.05, 0) is 31.0 Å². The molecule has 28 heavy (non-hydrogen) atoms. The number of hydrogen-bond donors (Lipinski definition) is 2. The van der Waals surface area contributed by atoms with Crippen LogP contribution in [0.4, 0.5) is 0 Å². The Morgan fingerprint density at radius 1 is 1.14 bits per heavy atom. The number of aromatic nitrogens is 2. The fourth-order valence-corrected chi connectivity index (χ4v) is 5.02. The summed E-state index contributed by atoms with van der Waals surface area (Å²) in [5.41, 5.74) is 6.23. The van der Waals surface area contributed by atoms with Crippen molar-refractivity contribution in [3.63, 3.8) is 0 Å². The number of amides is 1. The maximum Gasteiger partial charge on any atom is 0.269 e. The number of carbonyl (C=O) groups excluding carboxylic acids is 1. The van der Waals surface area contributed by atoms with E-state index in [9.17, 15) is 13.2 Å². The Bertz CT molecular complexity index is 980. The van der Waals surface area contributed by atoms with E-state index in [0.717, 1.165) is 12.1 Å². The molecule has 2 aliphatic rings. The van der Waals surface area contributed by atoms with Crippen LogP contribution >= 0.6 is 0 Å². The molecule has 1 saturated heterocycles. The Labute approximate surface area is 162 Å². The number of nitrogens with one attached hydrogen (secondary N) is 1. The van der Waals surface area contributed by atoms with Crippen LogP contribution in [0, 0.1) is 0 Å². The molecule has 2 aromatic rings. The zero-order chi connectivity index (χ0) is 19.7. The van der Waals surface area contributed by atoms with Crippen LogP contribution in [0.25, 0.3) is 0 Å². The number of nitrogens with two attached hydrogens (primary N) is 1. The van der Waals surface area contributed by atoms with Crippen molar-refractivity contribution in [1.82, 2.24) is 14.5 Å². The lowest BCUT2D eigenvalue weighted by Crippen LogP contribution is -2.38. The van der Waals surface area contributed by atoms with Crippen molar-refractivity contribution >= 4 is 15.9 Å². The predicted octanol–water partition coefficient (Wildman–Crippen LogP) is 1.24. The molecule has 0 saturated carbocycles. The molecular formula is C18H22N4O5S. The third-order valence-corrected chi connectivity index (χ3v) is 7.00. The molecule has 1 fully saturated rings. The molecule has 2 aliphatic heterocycles. The van der Waals surface area contributed by atoms with Gasteiger partial charge in [-0.15, -0.1) is 0 Å². The SMILES string of the molecule is NC(=O)c1cc(C2CCN(S(=O)(=O)c3ccc4c(c3)OCCCO4)CC2)[nH]n1. The zero-order valence-electron chi connectivity index (χ0n) is 15.3. The average molecular weight is 406 g/mol. The molecule has 4 rings (SSSR count). The smallest absolute Gasteiger partial charge is 0.269 e. The molecule has 150 valence electrons. The molecule has 9 nitrogen and oxygen atoms in total. The molecular weight excluding hydrogens is 384 g/mol. The average Bonchev–Trinajstić information content (AvgIpc) is 3.07. The van der Waals surface area contributed by atoms with Gasteiger partial charge in [-0.2, -0.15) is 9.40 Å². The first-order valence-corrected chi connectivity index (χ1v) is 10.6. The second-order valence-electron chi connectivity index (χ2n) is 6.91. The minimum atomic E-state index is -3.62. The highest BCUT2D eigenvalue weighted by atomic mass is 32.2. The molecule has 0 radical (unpaired) electrons. The van der Waals surface area contributed by atoms with Crippen molar-refractivity contribution in [3.8, 4) is 11.5 Å². The van der Waals surface area contributed by atoms with E-state index in [1.807, 2.05) is 0 Å². The molecule has 1 aromatic carbocycles. The fraction of sp³-hybridized carbons (Fsp3) is 0.444. The number of rotatable bonds is 4. The van der Waals surface area contributed by atoms with Crippen LogP contribution in [0.2, 0.25) is 0 Å². The highest BCUT2D eigenvalue weighted by molar-refractivity contribution is 7.89. The molecule has 1 aromatic heterocycles. The Kier molecular flexibility index (Phi) is 4.98. The van der Waals surface area contributed by atoms with Gasteiger partial charge in [-0.3, -0.25) is 9.89 Å². The number of fused-ring (bicyclic) bond motifs is 1. The Morgan fingerprint density at radius 2 is 1.86 bits per heavy atom. The van der Waals surface area contributed by atoms with E-state index in [4.69, 9.17) is 15.2 Å². The van der Waals surface area contributed by atoms with E-state index < -0.39 is 15.9 Å². The monoisotopic (exact) mass is 406 g/mol. The lowest BCUT2D eigenvalue weighted by Gasteiger charge is -2.30. The van der Waals surface area contributed by atoms with Gasteiger partial charge in [0.15, 0.2) is 11.5 Å². The number of carbonyl (C=O) groups is 1. The highest BCUT2D eigenvalue weighted by Gasteiger charge is 2.31. The van der Waals surface area contributed by atoms with Crippen LogP contribution in [-0.2, 0) is 10.0 Å². The maximum absolute atomic E-state index is 13.0. The van der Waals surface area contributed by atoms with Crippen LogP contribution < -0.4 is 15.2 Å². The normalized spacial score (nSPS) is 18.6. The second-order valence-corrected chi connectivity index (χ2v) is 8.85. The van der Waals surface area contributed by atoms with Gasteiger partial charge in [-0.25, -0.2) is 8.42 Å². The standard InChI is InChI=1S/C18H22N4O5S/c19-18(23)15-11-14(20-21-15)12-4-6-22(7-5-12)28(24,25)13-2-3-16-17(10-13)27-9-1-8-26-16/h2-3,10-12H,1,4-9H2,(H2,19,23)(H,20,21). The molecule has 3 heterocycles. The summed E-state index contributed by atoms with van der Waals surface area (Å²) < 4.78 is 38.7. The van der Waals surface area contributed by atoms with Gasteiger partial charge in [0.05, 0.1) is 18.1 Å². The van der Waals surface area contributed by atoms with Crippen molar-refractivity contribution in [2.24, 2.45) is 5.73 Å². The van der Waals surface area contributed by atoms with Gasteiger partial charge in [0.2, 0.25) is 10.0 Å². The summed E-state index contributed by atoms with van der Waals surface area (Å²) in [5.74, 6) is 0.553. The first-order chi connectivity index (χ1) is 13.4. The first-order valence-electron chi connectivity index (χ1n) is 9.20. The third-order valence-electron chi connectivity index (χ3n) is 5.10. The summed E-state index contributed by atoms with van der Waals surface area (Å²) in [7, 11) is -3.62. The summed E-state index contributed by atoms with van der Waals surface area (Å²) in [4.78, 5) is 11.4. The van der Waals surface area contributed by atoms with Gasteiger partial charge in [0, 0.05) is 37.2 Å². The van der Waals surface area contributed by atoms with Gasteiger partial charge in [-0.1, -0.05) is 0 Å². The van der Waals surface area contributed by atoms with Crippen molar-refractivity contribution in [3.05, 3.63) is 35.7 Å². The maximum atomic E-state index is 13.0. The predicted molar refractivity (Wildman–Crippen MR) is 99.9 cm³/mol. The number of primary amides is 1. The summed E-state index contributed by atoms with van der Waals surface area (Å²) in [6, 6.07) is 6.39. The molecule has 3 N–H and O–H groups in total. The number of ether oxygens (including phenoxy) is 2. The van der Waals surface area contributed by atoms with Crippen LogP contribution in [0.5, 0.6) is 11.5 Å². The van der Waals surface area contributed by atoms with E-state index >= 15 is 0 Å². The minimum absolute atomic E-state index is 0.107. The number of aromatic amines is 1. The lowest BCUT2D eigenvalue weighted by molar-refractivity contribution is 0.0995. The Hall–Kier alpha value is -2.59. The highest BCUT2D eigenvalue weighted by Crippen LogP contribution is 2.35. The van der Waals surface area contributed by atoms with E-state index in [1.165, 1.54) is 10.4 Å². The minimum Gasteiger partial charge on any atom is -0.490 e. The van der Waals surface area contributed by atoms with Crippen molar-refractivity contribution in [1.29, 1.82) is 0 Å². The Morgan fingerprint density at radius 3 is 2.54 bits per heavy atom. The zero-order valence-corrected chi connectivity index (χ0v) is 16.1. The van der Waals surface area contributed by atoms with Crippen molar-refractivity contribution in [2.45, 2.75) is 30.1 Å². The largest absolute Gasteiger partial charge is 0.490 e. The van der Waals surface area contributed by atoms with E-state index in [0.29, 0.717) is 50.6 Å². The number of piperidine rings is 1. The number of H-pyrrole nitrogens is 1. The molecule has 10 heteroatoms. The van der Waals surface area contributed by atoms with Gasteiger partial charge >= 0.3 is 0 Å². The van der Waals surface area contributed by atoms with Crippen LogP contribution in [0.3, 0.4) is 0 Å². The van der Waals surface area contributed by atoms with E-state index in [2.05, 4.69) is 10.2 Å². The molecule has 0 unspecified atom stereocenters. The van der Waals surface area contributed by atoms with Crippen molar-refractivity contribution in [2.75, 3.05) is 26.3 Å². The number of benzene rings is 1. The van der Waals surface area contributed by atoms with Crippen LogP contribution in [-0.4, -0.2) is 55.1 Å². The summed E-state index contributed by atoms with van der Waals surface area (Å²) >= 11 is 0. The Balaban J connectivity index is 1.47. The van der Waals surface area contributed by atoms with Gasteiger partial charge < -0.3 is 15.2 Å². The summed E-state index contributed by atoms with van der Waals surface area (Å²) in [5, 5.41) is 6.73. The number of hydrogen-bond acceptors (Lipinski definition) is 6. The van der Waals surface area contributed by atoms with Crippen molar-refractivity contribution < 1.29 is 22.7 Å². The molecule has 0 atom stereocenters. The molecule has 0 bridgehead atoms. The third kappa shape index (κ3) is 3.57. The molecule has 0 aliphatic carbocycles. The quantitative estimate of drug-likeness (QED) is 0.786. The second kappa shape index (κ2) is 7.44. The van der Waals surface area contributed by atoms with E-state index in [-0.39, 0.29) is 16.5 Å². The number of sulfonamides is 1. The first kappa shape index (κ1) is 18.8. The summed E-state index contributed by atoms with van der Waals surface area (Å²) in [6.45, 7) is 1.82. The lowest BCUT2D eigenvalue weighted by atomic mass is 9.94. The van der Waals surface area contributed by atoms with Crippen LogP contribution in [0.1, 0.15) is 41.4 Å². The molecule has 0 spiro atoms. The van der Waals surface area contributed by atoms with Gasteiger partial charge in [0.25, 0.3) is 5.91 Å². The summed E-state index contributed by atoms with van der Waals surface area (Å²) in [6.07, 6.45) is 2.02. The topological polar surface area (TPSA) is 128 Å². The molecule has 1 amide bonds. The number of nitrogens with zero attached hydrogens (tertiary/aromatic N) is 2.